The number of hydrogen-bond acceptors (Lipinski definition) is 4. The first-order chi connectivity index (χ1) is 7.00. The summed E-state index contributed by atoms with van der Waals surface area (Å²) in [5, 5.41) is 20.4. The molecule has 1 aromatic heterocycles. The third-order valence-corrected chi connectivity index (χ3v) is 1.85. The Morgan fingerprint density at radius 1 is 1.47 bits per heavy atom. The Labute approximate surface area is 88.3 Å². The van der Waals surface area contributed by atoms with E-state index in [-0.39, 0.29) is 17.3 Å². The second kappa shape index (κ2) is 4.90. The van der Waals surface area contributed by atoms with Crippen LogP contribution in [0, 0.1) is 5.92 Å². The van der Waals surface area contributed by atoms with Crippen molar-refractivity contribution in [3.05, 3.63) is 18.5 Å². The van der Waals surface area contributed by atoms with E-state index in [9.17, 15) is 4.79 Å². The van der Waals surface area contributed by atoms with E-state index in [1.807, 2.05) is 0 Å². The topological polar surface area (TPSA) is 82.5 Å². The second-order valence-corrected chi connectivity index (χ2v) is 3.52. The highest BCUT2D eigenvalue weighted by Gasteiger charge is 2.13. The summed E-state index contributed by atoms with van der Waals surface area (Å²) in [5.41, 5.74) is 0.704. The summed E-state index contributed by atoms with van der Waals surface area (Å²) in [6.45, 7) is 3.54. The van der Waals surface area contributed by atoms with Gasteiger partial charge in [-0.05, 0) is 6.07 Å². The lowest BCUT2D eigenvalue weighted by Crippen LogP contribution is -2.30. The average molecular weight is 208 g/mol. The lowest BCUT2D eigenvalue weighted by molar-refractivity contribution is -0.118. The third kappa shape index (κ3) is 3.34. The zero-order valence-electron chi connectivity index (χ0n) is 8.64. The quantitative estimate of drug-likeness (QED) is 0.576. The number of anilines is 1. The maximum atomic E-state index is 11.3. The molecule has 1 rings (SSSR count). The molecule has 0 aliphatic heterocycles. The van der Waals surface area contributed by atoms with Crippen molar-refractivity contribution in [2.75, 3.05) is 5.32 Å². The molecule has 0 saturated heterocycles. The Kier molecular flexibility index (Phi) is 3.82. The van der Waals surface area contributed by atoms with Crippen molar-refractivity contribution < 1.29 is 14.8 Å². The number of hydrogen-bond donors (Lipinski definition) is 3. The van der Waals surface area contributed by atoms with E-state index in [1.165, 1.54) is 18.5 Å². The summed E-state index contributed by atoms with van der Waals surface area (Å²) < 4.78 is 0. The summed E-state index contributed by atoms with van der Waals surface area (Å²) in [4.78, 5) is 15.1. The van der Waals surface area contributed by atoms with E-state index < -0.39 is 7.12 Å². The lowest BCUT2D eigenvalue weighted by atomic mass is 9.81. The first-order valence-corrected chi connectivity index (χ1v) is 4.62. The zero-order chi connectivity index (χ0) is 11.4. The molecule has 0 unspecified atom stereocenters. The Balaban J connectivity index is 2.78. The Morgan fingerprint density at radius 2 is 2.13 bits per heavy atom. The summed E-state index contributed by atoms with van der Waals surface area (Å²) in [5.74, 6) is -0.269. The molecule has 0 spiro atoms. The van der Waals surface area contributed by atoms with Crippen LogP contribution in [0.25, 0.3) is 0 Å². The molecule has 1 amide bonds. The molecule has 6 heteroatoms. The molecule has 15 heavy (non-hydrogen) atoms. The van der Waals surface area contributed by atoms with Crippen LogP contribution in [0.1, 0.15) is 13.8 Å². The molecule has 0 bridgehead atoms. The lowest BCUT2D eigenvalue weighted by Gasteiger charge is -2.08. The van der Waals surface area contributed by atoms with Gasteiger partial charge in [-0.1, -0.05) is 13.8 Å². The first kappa shape index (κ1) is 11.7. The fraction of sp³-hybridized carbons (Fsp3) is 0.333. The van der Waals surface area contributed by atoms with E-state index in [2.05, 4.69) is 10.3 Å². The van der Waals surface area contributed by atoms with Gasteiger partial charge in [0, 0.05) is 17.6 Å². The van der Waals surface area contributed by atoms with Crippen molar-refractivity contribution in [1.29, 1.82) is 0 Å². The van der Waals surface area contributed by atoms with Crippen LogP contribution in [0.2, 0.25) is 0 Å². The van der Waals surface area contributed by atoms with Gasteiger partial charge >= 0.3 is 7.12 Å². The van der Waals surface area contributed by atoms with Crippen LogP contribution in [-0.2, 0) is 4.79 Å². The molecule has 0 aliphatic rings. The molecule has 3 N–H and O–H groups in total. The Hall–Kier alpha value is -1.40. The number of carbonyl (C=O) groups excluding carboxylic acids is 1. The van der Waals surface area contributed by atoms with Crippen molar-refractivity contribution in [1.82, 2.24) is 4.98 Å². The van der Waals surface area contributed by atoms with Crippen LogP contribution in [0.5, 0.6) is 0 Å². The number of aromatic nitrogens is 1. The first-order valence-electron chi connectivity index (χ1n) is 4.62. The molecule has 80 valence electrons. The van der Waals surface area contributed by atoms with E-state index in [4.69, 9.17) is 10.0 Å². The fourth-order valence-electron chi connectivity index (χ4n) is 0.954. The van der Waals surface area contributed by atoms with Gasteiger partial charge in [-0.3, -0.25) is 9.78 Å². The number of amides is 1. The van der Waals surface area contributed by atoms with Gasteiger partial charge in [0.1, 0.15) is 0 Å². The molecule has 1 heterocycles. The normalized spacial score (nSPS) is 10.2. The van der Waals surface area contributed by atoms with E-state index in [1.54, 1.807) is 13.8 Å². The zero-order valence-corrected chi connectivity index (χ0v) is 8.64. The van der Waals surface area contributed by atoms with Gasteiger partial charge in [0.05, 0.1) is 11.9 Å². The highest BCUT2D eigenvalue weighted by Crippen LogP contribution is 2.04. The second-order valence-electron chi connectivity index (χ2n) is 3.52. The molecule has 1 aromatic rings. The van der Waals surface area contributed by atoms with E-state index >= 15 is 0 Å². The van der Waals surface area contributed by atoms with Crippen LogP contribution in [0.4, 0.5) is 5.69 Å². The minimum Gasteiger partial charge on any atom is -0.423 e. The number of nitrogens with zero attached hydrogens (tertiary/aromatic N) is 1. The van der Waals surface area contributed by atoms with Gasteiger partial charge in [-0.15, -0.1) is 0 Å². The minimum atomic E-state index is -1.58. The Morgan fingerprint density at radius 3 is 2.67 bits per heavy atom. The minimum absolute atomic E-state index is 0.132. The summed E-state index contributed by atoms with van der Waals surface area (Å²) >= 11 is 0. The van der Waals surface area contributed by atoms with Gasteiger partial charge in [0.25, 0.3) is 0 Å². The Bertz CT molecular complexity index is 355. The molecule has 0 aliphatic carbocycles. The summed E-state index contributed by atoms with van der Waals surface area (Å²) in [6.07, 6.45) is 2.78. The van der Waals surface area contributed by atoms with Gasteiger partial charge in [0.2, 0.25) is 5.91 Å². The van der Waals surface area contributed by atoms with Gasteiger partial charge < -0.3 is 15.4 Å². The molecule has 0 aromatic carbocycles. The number of rotatable bonds is 3. The number of nitrogens with one attached hydrogen (secondary N) is 1. The van der Waals surface area contributed by atoms with Crippen LogP contribution in [0.3, 0.4) is 0 Å². The van der Waals surface area contributed by atoms with E-state index in [0.717, 1.165) is 0 Å². The smallest absolute Gasteiger partial charge is 0.423 e. The van der Waals surface area contributed by atoms with Crippen LogP contribution < -0.4 is 10.8 Å². The van der Waals surface area contributed by atoms with Crippen molar-refractivity contribution in [2.24, 2.45) is 5.92 Å². The van der Waals surface area contributed by atoms with Crippen LogP contribution in [-0.4, -0.2) is 28.1 Å². The maximum Gasteiger partial charge on any atom is 0.490 e. The molecular formula is C9H13BN2O3. The summed E-state index contributed by atoms with van der Waals surface area (Å²) in [6, 6.07) is 1.47. The van der Waals surface area contributed by atoms with Crippen molar-refractivity contribution in [3.8, 4) is 0 Å². The molecule has 0 fully saturated rings. The van der Waals surface area contributed by atoms with E-state index in [0.29, 0.717) is 5.69 Å². The predicted molar refractivity (Wildman–Crippen MR) is 57.5 cm³/mol. The standard InChI is InChI=1S/C9H13BN2O3/c1-6(2)9(13)12-8-3-7(10(14)15)4-11-5-8/h3-6,14-15H,1-2H3,(H,12,13). The monoisotopic (exact) mass is 208 g/mol. The highest BCUT2D eigenvalue weighted by atomic mass is 16.4. The predicted octanol–water partition coefficient (Wildman–Crippen LogP) is -0.644. The fourth-order valence-corrected chi connectivity index (χ4v) is 0.954. The van der Waals surface area contributed by atoms with Crippen molar-refractivity contribution in [3.63, 3.8) is 0 Å². The third-order valence-electron chi connectivity index (χ3n) is 1.85. The molecule has 0 radical (unpaired) electrons. The maximum absolute atomic E-state index is 11.3. The number of pyridine rings is 1. The van der Waals surface area contributed by atoms with Gasteiger partial charge in [-0.25, -0.2) is 0 Å². The SMILES string of the molecule is CC(C)C(=O)Nc1cncc(B(O)O)c1. The van der Waals surface area contributed by atoms with Crippen molar-refractivity contribution in [2.45, 2.75) is 13.8 Å². The van der Waals surface area contributed by atoms with Gasteiger partial charge in [-0.2, -0.15) is 0 Å². The molecule has 5 nitrogen and oxygen atoms in total. The van der Waals surface area contributed by atoms with Gasteiger partial charge in [0.15, 0.2) is 0 Å². The van der Waals surface area contributed by atoms with Crippen LogP contribution >= 0.6 is 0 Å². The average Bonchev–Trinajstić information content (AvgIpc) is 2.18. The summed E-state index contributed by atoms with van der Waals surface area (Å²) in [7, 11) is -1.58. The molecule has 0 saturated carbocycles. The van der Waals surface area contributed by atoms with Crippen molar-refractivity contribution >= 4 is 24.2 Å². The largest absolute Gasteiger partial charge is 0.490 e. The highest BCUT2D eigenvalue weighted by molar-refractivity contribution is 6.58. The molecule has 0 atom stereocenters. The number of carbonyl (C=O) groups is 1. The molecular weight excluding hydrogens is 195 g/mol. The van der Waals surface area contributed by atoms with Crippen LogP contribution in [0.15, 0.2) is 18.5 Å².